The highest BCUT2D eigenvalue weighted by Gasteiger charge is 2.50. The Morgan fingerprint density at radius 2 is 1.35 bits per heavy atom. The van der Waals surface area contributed by atoms with Crippen molar-refractivity contribution in [3.05, 3.63) is 71.0 Å². The van der Waals surface area contributed by atoms with Crippen molar-refractivity contribution in [2.75, 3.05) is 66.1 Å². The number of hydrogen-bond acceptors (Lipinski definition) is 7. The van der Waals surface area contributed by atoms with E-state index in [0.29, 0.717) is 69.8 Å². The summed E-state index contributed by atoms with van der Waals surface area (Å²) in [5, 5.41) is 21.2. The summed E-state index contributed by atoms with van der Waals surface area (Å²) in [6.45, 7) is 11.1. The van der Waals surface area contributed by atoms with Crippen LogP contribution in [0.2, 0.25) is 0 Å². The normalized spacial score (nSPS) is 25.7. The zero-order chi connectivity index (χ0) is 33.9. The number of benzene rings is 1. The van der Waals surface area contributed by atoms with Crippen molar-refractivity contribution < 1.29 is 33.9 Å². The van der Waals surface area contributed by atoms with E-state index in [4.69, 9.17) is 23.7 Å². The van der Waals surface area contributed by atoms with Crippen molar-refractivity contribution in [3.63, 3.8) is 0 Å². The minimum Gasteiger partial charge on any atom is -0.508 e. The summed E-state index contributed by atoms with van der Waals surface area (Å²) in [6.07, 6.45) is 18.3. The molecule has 0 saturated heterocycles. The molecule has 1 aromatic carbocycles. The maximum Gasteiger partial charge on any atom is 0.115 e. The maximum atomic E-state index is 10.9. The fourth-order valence-electron chi connectivity index (χ4n) is 8.03. The molecule has 1 fully saturated rings. The van der Waals surface area contributed by atoms with Crippen LogP contribution >= 0.6 is 0 Å². The van der Waals surface area contributed by atoms with Gasteiger partial charge in [-0.1, -0.05) is 62.2 Å². The van der Waals surface area contributed by atoms with Crippen LogP contribution in [0.5, 0.6) is 0 Å². The fraction of sp³-hybridized carbons (Fsp3) is 0.707. The van der Waals surface area contributed by atoms with Crippen LogP contribution in [0, 0.1) is 23.2 Å². The Morgan fingerprint density at radius 3 is 2.02 bits per heavy atom. The summed E-state index contributed by atoms with van der Waals surface area (Å²) in [7, 11) is 0. The first-order valence-electron chi connectivity index (χ1n) is 18.9. The molecule has 4 rings (SSSR count). The van der Waals surface area contributed by atoms with Gasteiger partial charge in [0.05, 0.1) is 52.4 Å². The quantitative estimate of drug-likeness (QED) is 0.108. The lowest BCUT2D eigenvalue weighted by Gasteiger charge is -2.44. The molecule has 7 heteroatoms. The molecule has 48 heavy (non-hydrogen) atoms. The Hall–Kier alpha value is -2.00. The average Bonchev–Trinajstić information content (AvgIpc) is 3.27. The predicted molar refractivity (Wildman–Crippen MR) is 192 cm³/mol. The smallest absolute Gasteiger partial charge is 0.115 e. The Bertz CT molecular complexity index is 1120. The molecule has 1 aromatic rings. The van der Waals surface area contributed by atoms with Crippen LogP contribution in [0.15, 0.2) is 65.5 Å². The summed E-state index contributed by atoms with van der Waals surface area (Å²) in [5.74, 6) is 2.14. The van der Waals surface area contributed by atoms with E-state index in [2.05, 4.69) is 44.2 Å². The molecule has 2 N–H and O–H groups in total. The zero-order valence-corrected chi connectivity index (χ0v) is 29.9. The van der Waals surface area contributed by atoms with Gasteiger partial charge in [-0.3, -0.25) is 0 Å². The van der Waals surface area contributed by atoms with E-state index >= 15 is 0 Å². The second-order valence-electron chi connectivity index (χ2n) is 14.2. The average molecular weight is 669 g/mol. The topological polar surface area (TPSA) is 86.6 Å². The molecule has 7 nitrogen and oxygen atoms in total. The summed E-state index contributed by atoms with van der Waals surface area (Å²) in [4.78, 5) is 0. The van der Waals surface area contributed by atoms with Gasteiger partial charge in [-0.25, -0.2) is 0 Å². The van der Waals surface area contributed by atoms with E-state index < -0.39 is 0 Å². The molecule has 270 valence electrons. The molecule has 3 aliphatic rings. The van der Waals surface area contributed by atoms with Crippen molar-refractivity contribution in [2.45, 2.75) is 97.0 Å². The molecule has 0 heterocycles. The first-order chi connectivity index (χ1) is 23.5. The third-order valence-electron chi connectivity index (χ3n) is 11.1. The molecule has 0 radical (unpaired) electrons. The van der Waals surface area contributed by atoms with Gasteiger partial charge in [0.1, 0.15) is 5.76 Å². The monoisotopic (exact) mass is 668 g/mol. The molecule has 0 amide bonds. The van der Waals surface area contributed by atoms with Gasteiger partial charge < -0.3 is 33.9 Å². The molecule has 0 bridgehead atoms. The highest BCUT2D eigenvalue weighted by Crippen LogP contribution is 2.55. The maximum absolute atomic E-state index is 10.9. The van der Waals surface area contributed by atoms with Crippen molar-refractivity contribution >= 4 is 0 Å². The first-order valence-corrected chi connectivity index (χ1v) is 18.9. The van der Waals surface area contributed by atoms with Crippen molar-refractivity contribution in [3.8, 4) is 0 Å². The van der Waals surface area contributed by atoms with E-state index in [1.807, 2.05) is 18.2 Å². The number of hydrogen-bond donors (Lipinski definition) is 2. The SMILES string of the molecule is CCC1(C)C(O)CCC1C1CC2=C(C=C(O)C=CC2)C[C@H]1CCCCOCCCCOCCOCCOCCOCCc1ccccc1. The number of allylic oxidation sites excluding steroid dienone is 5. The fourth-order valence-corrected chi connectivity index (χ4v) is 8.03. The van der Waals surface area contributed by atoms with Crippen LogP contribution in [0.4, 0.5) is 0 Å². The Labute approximate surface area is 290 Å². The van der Waals surface area contributed by atoms with Crippen LogP contribution in [-0.4, -0.2) is 82.4 Å². The van der Waals surface area contributed by atoms with Gasteiger partial charge in [-0.2, -0.15) is 0 Å². The van der Waals surface area contributed by atoms with Crippen LogP contribution in [0.25, 0.3) is 0 Å². The molecule has 0 spiro atoms. The molecular formula is C41H64O7. The Kier molecular flexibility index (Phi) is 17.7. The van der Waals surface area contributed by atoms with Gasteiger partial charge in [0.2, 0.25) is 0 Å². The minimum absolute atomic E-state index is 0.00730. The summed E-state index contributed by atoms with van der Waals surface area (Å²) >= 11 is 0. The van der Waals surface area contributed by atoms with Gasteiger partial charge in [0.25, 0.3) is 0 Å². The van der Waals surface area contributed by atoms with E-state index in [-0.39, 0.29) is 11.5 Å². The molecule has 5 atom stereocenters. The molecule has 4 unspecified atom stereocenters. The zero-order valence-electron chi connectivity index (χ0n) is 29.9. The molecule has 0 aromatic heterocycles. The second-order valence-corrected chi connectivity index (χ2v) is 14.2. The van der Waals surface area contributed by atoms with Crippen molar-refractivity contribution in [2.24, 2.45) is 23.2 Å². The number of aliphatic hydroxyl groups excluding tert-OH is 2. The number of unbranched alkanes of at least 4 members (excludes halogenated alkanes) is 2. The number of aliphatic hydroxyl groups is 2. The van der Waals surface area contributed by atoms with Gasteiger partial charge in [-0.05, 0) is 117 Å². The van der Waals surface area contributed by atoms with Crippen molar-refractivity contribution in [1.82, 2.24) is 0 Å². The van der Waals surface area contributed by atoms with Gasteiger partial charge in [0.15, 0.2) is 0 Å². The van der Waals surface area contributed by atoms with E-state index in [1.54, 1.807) is 0 Å². The molecule has 1 saturated carbocycles. The third kappa shape index (κ3) is 12.7. The summed E-state index contributed by atoms with van der Waals surface area (Å²) in [5.41, 5.74) is 4.14. The highest BCUT2D eigenvalue weighted by molar-refractivity contribution is 5.37. The number of rotatable bonds is 24. The van der Waals surface area contributed by atoms with E-state index in [0.717, 1.165) is 90.4 Å². The lowest BCUT2D eigenvalue weighted by molar-refractivity contribution is -0.00238. The van der Waals surface area contributed by atoms with Crippen molar-refractivity contribution in [1.29, 1.82) is 0 Å². The lowest BCUT2D eigenvalue weighted by atomic mass is 9.61. The second kappa shape index (κ2) is 22.0. The Morgan fingerprint density at radius 1 is 0.750 bits per heavy atom. The third-order valence-corrected chi connectivity index (χ3v) is 11.1. The Balaban J connectivity index is 0.975. The summed E-state index contributed by atoms with van der Waals surface area (Å²) < 4.78 is 28.5. The van der Waals surface area contributed by atoms with Gasteiger partial charge in [-0.15, -0.1) is 0 Å². The first kappa shape index (κ1) is 38.8. The van der Waals surface area contributed by atoms with Crippen LogP contribution in [-0.2, 0) is 30.1 Å². The molecule has 0 aliphatic heterocycles. The van der Waals surface area contributed by atoms with Crippen LogP contribution in [0.3, 0.4) is 0 Å². The number of ether oxygens (including phenoxy) is 5. The molecular weight excluding hydrogens is 604 g/mol. The predicted octanol–water partition coefficient (Wildman–Crippen LogP) is 8.17. The standard InChI is InChI=1S/C41H64O7/c1-3-41(2)39(17-18-40(41)43)38-32-34-15-11-16-37(42)31-36(34)30-35(38)14-7-8-20-44-21-9-10-22-45-24-26-47-28-29-48-27-25-46-23-19-33-12-5-4-6-13-33/h4-6,11-13,16,31,35,38-40,42-43H,3,7-10,14-15,17-30,32H2,1-2H3/t35-,38?,39?,40?,41?/m1/s1. The van der Waals surface area contributed by atoms with Crippen LogP contribution in [0.1, 0.15) is 90.0 Å². The highest BCUT2D eigenvalue weighted by atomic mass is 16.6. The minimum atomic E-state index is -0.189. The van der Waals surface area contributed by atoms with E-state index in [1.165, 1.54) is 23.1 Å². The molecule has 3 aliphatic carbocycles. The van der Waals surface area contributed by atoms with Crippen LogP contribution < -0.4 is 0 Å². The van der Waals surface area contributed by atoms with E-state index in [9.17, 15) is 10.2 Å². The largest absolute Gasteiger partial charge is 0.508 e. The van der Waals surface area contributed by atoms with Gasteiger partial charge in [0, 0.05) is 19.8 Å². The van der Waals surface area contributed by atoms with Gasteiger partial charge >= 0.3 is 0 Å². The summed E-state index contributed by atoms with van der Waals surface area (Å²) in [6, 6.07) is 10.4. The lowest BCUT2D eigenvalue weighted by Crippen LogP contribution is -2.39.